The fourth-order valence-corrected chi connectivity index (χ4v) is 3.48. The first-order valence-electron chi connectivity index (χ1n) is 8.94. The van der Waals surface area contributed by atoms with E-state index in [1.807, 2.05) is 0 Å². The number of hydrogen-bond donors (Lipinski definition) is 3. The Morgan fingerprint density at radius 2 is 1.89 bits per heavy atom. The van der Waals surface area contributed by atoms with Gasteiger partial charge in [-0.3, -0.25) is 0 Å². The van der Waals surface area contributed by atoms with E-state index in [0.717, 1.165) is 43.3 Å². The predicted octanol–water partition coefficient (Wildman–Crippen LogP) is 4.33. The van der Waals surface area contributed by atoms with Gasteiger partial charge in [0, 0.05) is 23.8 Å². The molecule has 4 N–H and O–H groups in total. The molecule has 1 saturated carbocycles. The van der Waals surface area contributed by atoms with Crippen LogP contribution in [0, 0.1) is 0 Å². The molecule has 27 heavy (non-hydrogen) atoms. The lowest BCUT2D eigenvalue weighted by atomic mass is 9.92. The van der Waals surface area contributed by atoms with Gasteiger partial charge in [-0.1, -0.05) is 12.1 Å². The summed E-state index contributed by atoms with van der Waals surface area (Å²) < 4.78 is 38.9. The van der Waals surface area contributed by atoms with Gasteiger partial charge < -0.3 is 16.0 Å². The SMILES string of the molecule is NC1CCC(Nc2nccc3[nH]c(-c4cccc(C(F)(F)F)c4)nc23)CC1. The Labute approximate surface area is 154 Å². The predicted molar refractivity (Wildman–Crippen MR) is 98.2 cm³/mol. The van der Waals surface area contributed by atoms with Gasteiger partial charge in [-0.25, -0.2) is 9.97 Å². The summed E-state index contributed by atoms with van der Waals surface area (Å²) in [5, 5.41) is 3.42. The molecular formula is C19H20F3N5. The number of halogens is 3. The number of aromatic nitrogens is 3. The van der Waals surface area contributed by atoms with E-state index in [1.54, 1.807) is 18.3 Å². The van der Waals surface area contributed by atoms with Gasteiger partial charge in [0.25, 0.3) is 0 Å². The lowest BCUT2D eigenvalue weighted by molar-refractivity contribution is -0.137. The van der Waals surface area contributed by atoms with Gasteiger partial charge in [0.2, 0.25) is 0 Å². The Morgan fingerprint density at radius 1 is 1.11 bits per heavy atom. The average molecular weight is 375 g/mol. The van der Waals surface area contributed by atoms with E-state index in [2.05, 4.69) is 20.3 Å². The molecule has 1 fully saturated rings. The summed E-state index contributed by atoms with van der Waals surface area (Å²) in [6.07, 6.45) is 1.12. The minimum atomic E-state index is -4.39. The minimum Gasteiger partial charge on any atom is -0.365 e. The number of pyridine rings is 1. The number of rotatable bonds is 3. The summed E-state index contributed by atoms with van der Waals surface area (Å²) in [6, 6.07) is 7.43. The third kappa shape index (κ3) is 3.75. The molecule has 4 rings (SSSR count). The standard InChI is InChI=1S/C19H20F3N5/c20-19(21,22)12-3-1-2-11(10-12)17-26-15-8-9-24-18(16(15)27-17)25-14-6-4-13(23)5-7-14/h1-3,8-10,13-14H,4-7,23H2,(H,24,25)(H,26,27). The van der Waals surface area contributed by atoms with Crippen molar-refractivity contribution in [1.82, 2.24) is 15.0 Å². The normalized spacial score (nSPS) is 20.7. The van der Waals surface area contributed by atoms with Crippen molar-refractivity contribution in [3.05, 3.63) is 42.1 Å². The van der Waals surface area contributed by atoms with Gasteiger partial charge in [0.05, 0.1) is 11.1 Å². The third-order valence-electron chi connectivity index (χ3n) is 4.98. The lowest BCUT2D eigenvalue weighted by Gasteiger charge is -2.27. The maximum absolute atomic E-state index is 13.0. The van der Waals surface area contributed by atoms with Crippen molar-refractivity contribution >= 4 is 16.9 Å². The molecule has 0 spiro atoms. The molecule has 1 aliphatic rings. The molecule has 2 aromatic heterocycles. The zero-order valence-corrected chi connectivity index (χ0v) is 14.6. The van der Waals surface area contributed by atoms with Crippen molar-refractivity contribution in [3.63, 3.8) is 0 Å². The largest absolute Gasteiger partial charge is 0.416 e. The Bertz CT molecular complexity index is 942. The molecule has 8 heteroatoms. The van der Waals surface area contributed by atoms with Gasteiger partial charge in [-0.05, 0) is 43.9 Å². The molecule has 5 nitrogen and oxygen atoms in total. The van der Waals surface area contributed by atoms with Crippen LogP contribution < -0.4 is 11.1 Å². The number of benzene rings is 1. The number of anilines is 1. The molecule has 0 radical (unpaired) electrons. The highest BCUT2D eigenvalue weighted by molar-refractivity contribution is 5.88. The van der Waals surface area contributed by atoms with Crippen LogP contribution in [-0.4, -0.2) is 27.0 Å². The van der Waals surface area contributed by atoms with Crippen LogP contribution in [0.5, 0.6) is 0 Å². The average Bonchev–Trinajstić information content (AvgIpc) is 3.08. The first-order chi connectivity index (χ1) is 12.9. The molecule has 0 unspecified atom stereocenters. The van der Waals surface area contributed by atoms with E-state index >= 15 is 0 Å². The summed E-state index contributed by atoms with van der Waals surface area (Å²) >= 11 is 0. The van der Waals surface area contributed by atoms with Crippen molar-refractivity contribution in [2.45, 2.75) is 43.9 Å². The molecule has 0 bridgehead atoms. The summed E-state index contributed by atoms with van der Waals surface area (Å²) in [7, 11) is 0. The van der Waals surface area contributed by atoms with E-state index < -0.39 is 11.7 Å². The first kappa shape index (κ1) is 17.8. The number of hydrogen-bond acceptors (Lipinski definition) is 4. The second kappa shape index (κ2) is 6.84. The molecule has 0 amide bonds. The number of nitrogens with two attached hydrogens (primary N) is 1. The highest BCUT2D eigenvalue weighted by Crippen LogP contribution is 2.32. The minimum absolute atomic E-state index is 0.254. The van der Waals surface area contributed by atoms with Crippen LogP contribution in [-0.2, 0) is 6.18 Å². The van der Waals surface area contributed by atoms with Crippen LogP contribution in [0.2, 0.25) is 0 Å². The van der Waals surface area contributed by atoms with E-state index in [-0.39, 0.29) is 12.1 Å². The Kier molecular flexibility index (Phi) is 4.51. The van der Waals surface area contributed by atoms with Gasteiger partial charge in [0.1, 0.15) is 11.3 Å². The maximum Gasteiger partial charge on any atom is 0.416 e. The zero-order valence-electron chi connectivity index (χ0n) is 14.6. The fraction of sp³-hybridized carbons (Fsp3) is 0.368. The number of fused-ring (bicyclic) bond motifs is 1. The second-order valence-corrected chi connectivity index (χ2v) is 6.98. The third-order valence-corrected chi connectivity index (χ3v) is 4.98. The number of alkyl halides is 3. The van der Waals surface area contributed by atoms with Gasteiger partial charge in [-0.2, -0.15) is 13.2 Å². The van der Waals surface area contributed by atoms with Crippen LogP contribution in [0.15, 0.2) is 36.5 Å². The van der Waals surface area contributed by atoms with Crippen molar-refractivity contribution in [2.75, 3.05) is 5.32 Å². The number of H-pyrrole nitrogens is 1. The van der Waals surface area contributed by atoms with Crippen LogP contribution in [0.25, 0.3) is 22.4 Å². The van der Waals surface area contributed by atoms with Crippen LogP contribution in [0.1, 0.15) is 31.2 Å². The monoisotopic (exact) mass is 375 g/mol. The Balaban J connectivity index is 1.65. The second-order valence-electron chi connectivity index (χ2n) is 6.98. The quantitative estimate of drug-likeness (QED) is 0.637. The molecular weight excluding hydrogens is 355 g/mol. The van der Waals surface area contributed by atoms with Crippen molar-refractivity contribution in [1.29, 1.82) is 0 Å². The summed E-state index contributed by atoms with van der Waals surface area (Å²) in [5.41, 5.74) is 6.99. The summed E-state index contributed by atoms with van der Waals surface area (Å²) in [5.74, 6) is 1.03. The topological polar surface area (TPSA) is 79.6 Å². The number of aromatic amines is 1. The van der Waals surface area contributed by atoms with Gasteiger partial charge in [0.15, 0.2) is 5.82 Å². The van der Waals surface area contributed by atoms with E-state index in [9.17, 15) is 13.2 Å². The maximum atomic E-state index is 13.0. The summed E-state index contributed by atoms with van der Waals surface area (Å²) in [6.45, 7) is 0. The molecule has 0 aliphatic heterocycles. The van der Waals surface area contributed by atoms with Crippen molar-refractivity contribution in [3.8, 4) is 11.4 Å². The Morgan fingerprint density at radius 3 is 2.63 bits per heavy atom. The lowest BCUT2D eigenvalue weighted by Crippen LogP contribution is -2.33. The molecule has 142 valence electrons. The van der Waals surface area contributed by atoms with Gasteiger partial charge in [-0.15, -0.1) is 0 Å². The number of nitrogens with one attached hydrogen (secondary N) is 2. The molecule has 1 aromatic carbocycles. The van der Waals surface area contributed by atoms with E-state index in [0.29, 0.717) is 22.7 Å². The number of nitrogens with zero attached hydrogens (tertiary/aromatic N) is 2. The molecule has 1 aliphatic carbocycles. The zero-order chi connectivity index (χ0) is 19.0. The molecule has 0 atom stereocenters. The fourth-order valence-electron chi connectivity index (χ4n) is 3.48. The van der Waals surface area contributed by atoms with Gasteiger partial charge >= 0.3 is 6.18 Å². The molecule has 2 heterocycles. The molecule has 3 aromatic rings. The van der Waals surface area contributed by atoms with Crippen LogP contribution >= 0.6 is 0 Å². The number of imidazole rings is 1. The highest BCUT2D eigenvalue weighted by Gasteiger charge is 2.30. The van der Waals surface area contributed by atoms with E-state index in [1.165, 1.54) is 6.07 Å². The van der Waals surface area contributed by atoms with Crippen LogP contribution in [0.4, 0.5) is 19.0 Å². The van der Waals surface area contributed by atoms with Crippen molar-refractivity contribution < 1.29 is 13.2 Å². The first-order valence-corrected chi connectivity index (χ1v) is 8.94. The summed E-state index contributed by atoms with van der Waals surface area (Å²) in [4.78, 5) is 12.0. The van der Waals surface area contributed by atoms with E-state index in [4.69, 9.17) is 5.73 Å². The van der Waals surface area contributed by atoms with Crippen molar-refractivity contribution in [2.24, 2.45) is 5.73 Å². The highest BCUT2D eigenvalue weighted by atomic mass is 19.4. The van der Waals surface area contributed by atoms with Crippen LogP contribution in [0.3, 0.4) is 0 Å². The smallest absolute Gasteiger partial charge is 0.365 e. The molecule has 0 saturated heterocycles. The Hall–Kier alpha value is -2.61.